The standard InChI is InChI=1S/C25H21FN2O3/c1-15-2-4-19(26)13-21(15)17-10-18(14-29)24-22(11-17)20-5-3-16(12-23(20)27-24)25(30)28-6-8-31-9-7-28/h2-5,10-14,27H,6-9H2,1H3. The second kappa shape index (κ2) is 7.63. The number of morpholine rings is 1. The van der Waals surface area contributed by atoms with Crippen LogP contribution in [-0.2, 0) is 4.74 Å². The fourth-order valence-corrected chi connectivity index (χ4v) is 4.27. The maximum Gasteiger partial charge on any atom is 0.254 e. The molecule has 0 saturated carbocycles. The van der Waals surface area contributed by atoms with Crippen LogP contribution in [0.5, 0.6) is 0 Å². The van der Waals surface area contributed by atoms with Crippen molar-refractivity contribution in [3.63, 3.8) is 0 Å². The smallest absolute Gasteiger partial charge is 0.254 e. The summed E-state index contributed by atoms with van der Waals surface area (Å²) >= 11 is 0. The number of amides is 1. The van der Waals surface area contributed by atoms with E-state index in [1.807, 2.05) is 31.2 Å². The highest BCUT2D eigenvalue weighted by Gasteiger charge is 2.20. The van der Waals surface area contributed by atoms with Gasteiger partial charge in [0.25, 0.3) is 5.91 Å². The number of benzene rings is 3. The van der Waals surface area contributed by atoms with Gasteiger partial charge in [0.05, 0.1) is 18.7 Å². The Morgan fingerprint density at radius 3 is 2.65 bits per heavy atom. The number of carbonyl (C=O) groups is 2. The Morgan fingerprint density at radius 1 is 1.06 bits per heavy atom. The van der Waals surface area contributed by atoms with Crippen LogP contribution in [0.4, 0.5) is 4.39 Å². The lowest BCUT2D eigenvalue weighted by Gasteiger charge is -2.26. The molecule has 0 unspecified atom stereocenters. The average molecular weight is 416 g/mol. The van der Waals surface area contributed by atoms with E-state index in [0.717, 1.165) is 39.3 Å². The first kappa shape index (κ1) is 19.5. The minimum absolute atomic E-state index is 0.0319. The Balaban J connectivity index is 1.65. The van der Waals surface area contributed by atoms with Gasteiger partial charge in [0.15, 0.2) is 6.29 Å². The summed E-state index contributed by atoms with van der Waals surface area (Å²) in [5.74, 6) is -0.353. The SMILES string of the molecule is Cc1ccc(F)cc1-c1cc(C=O)c2[nH]c3cc(C(=O)N4CCOCC4)ccc3c2c1. The lowest BCUT2D eigenvalue weighted by atomic mass is 9.96. The number of fused-ring (bicyclic) bond motifs is 3. The van der Waals surface area contributed by atoms with Crippen LogP contribution in [0.1, 0.15) is 26.3 Å². The molecule has 5 nitrogen and oxygen atoms in total. The van der Waals surface area contributed by atoms with Gasteiger partial charge < -0.3 is 14.6 Å². The normalized spacial score (nSPS) is 14.3. The third-order valence-corrected chi connectivity index (χ3v) is 5.92. The summed E-state index contributed by atoms with van der Waals surface area (Å²) in [5.41, 5.74) is 5.03. The van der Waals surface area contributed by atoms with Gasteiger partial charge in [0, 0.05) is 40.5 Å². The zero-order chi connectivity index (χ0) is 21.5. The molecule has 31 heavy (non-hydrogen) atoms. The van der Waals surface area contributed by atoms with Crippen LogP contribution in [0.2, 0.25) is 0 Å². The number of carbonyl (C=O) groups excluding carboxylic acids is 2. The first-order valence-corrected chi connectivity index (χ1v) is 10.2. The highest BCUT2D eigenvalue weighted by Crippen LogP contribution is 2.34. The Hall–Kier alpha value is -3.51. The number of hydrogen-bond donors (Lipinski definition) is 1. The van der Waals surface area contributed by atoms with Crippen molar-refractivity contribution in [1.82, 2.24) is 9.88 Å². The van der Waals surface area contributed by atoms with E-state index in [4.69, 9.17) is 4.74 Å². The Morgan fingerprint density at radius 2 is 1.87 bits per heavy atom. The summed E-state index contributed by atoms with van der Waals surface area (Å²) < 4.78 is 19.2. The molecule has 6 heteroatoms. The van der Waals surface area contributed by atoms with E-state index in [0.29, 0.717) is 42.9 Å². The van der Waals surface area contributed by atoms with Crippen molar-refractivity contribution in [2.75, 3.05) is 26.3 Å². The summed E-state index contributed by atoms with van der Waals surface area (Å²) in [7, 11) is 0. The largest absolute Gasteiger partial charge is 0.378 e. The summed E-state index contributed by atoms with van der Waals surface area (Å²) in [4.78, 5) is 29.8. The molecule has 1 aliphatic heterocycles. The van der Waals surface area contributed by atoms with Gasteiger partial charge in [-0.2, -0.15) is 0 Å². The van der Waals surface area contributed by atoms with Crippen molar-refractivity contribution in [3.8, 4) is 11.1 Å². The van der Waals surface area contributed by atoms with Gasteiger partial charge in [-0.25, -0.2) is 4.39 Å². The zero-order valence-electron chi connectivity index (χ0n) is 17.1. The molecule has 0 bridgehead atoms. The van der Waals surface area contributed by atoms with Gasteiger partial charge in [-0.05, 0) is 60.0 Å². The number of aryl methyl sites for hydroxylation is 1. The molecule has 1 N–H and O–H groups in total. The molecule has 2 heterocycles. The summed E-state index contributed by atoms with van der Waals surface area (Å²) in [6, 6.07) is 13.9. The number of hydrogen-bond acceptors (Lipinski definition) is 3. The molecule has 156 valence electrons. The second-order valence-electron chi connectivity index (χ2n) is 7.86. The Bertz CT molecular complexity index is 1340. The number of H-pyrrole nitrogens is 1. The number of nitrogens with zero attached hydrogens (tertiary/aromatic N) is 1. The van der Waals surface area contributed by atoms with Crippen molar-refractivity contribution in [1.29, 1.82) is 0 Å². The fraction of sp³-hybridized carbons (Fsp3) is 0.200. The molecule has 0 spiro atoms. The number of nitrogens with one attached hydrogen (secondary N) is 1. The van der Waals surface area contributed by atoms with Gasteiger partial charge in [-0.3, -0.25) is 9.59 Å². The molecule has 1 aliphatic rings. The number of ether oxygens (including phenoxy) is 1. The maximum absolute atomic E-state index is 13.9. The second-order valence-corrected chi connectivity index (χ2v) is 7.86. The summed E-state index contributed by atoms with van der Waals surface area (Å²) in [6.45, 7) is 4.17. The van der Waals surface area contributed by atoms with E-state index in [9.17, 15) is 14.0 Å². The predicted molar refractivity (Wildman–Crippen MR) is 118 cm³/mol. The van der Waals surface area contributed by atoms with Gasteiger partial charge in [0.1, 0.15) is 5.82 Å². The van der Waals surface area contributed by atoms with Crippen LogP contribution in [0, 0.1) is 12.7 Å². The first-order valence-electron chi connectivity index (χ1n) is 10.2. The van der Waals surface area contributed by atoms with Gasteiger partial charge in [-0.1, -0.05) is 12.1 Å². The van der Waals surface area contributed by atoms with Crippen LogP contribution in [0.25, 0.3) is 32.9 Å². The lowest BCUT2D eigenvalue weighted by Crippen LogP contribution is -2.40. The minimum Gasteiger partial charge on any atom is -0.378 e. The molecule has 1 amide bonds. The number of aldehydes is 1. The molecule has 0 radical (unpaired) electrons. The van der Waals surface area contributed by atoms with Crippen molar-refractivity contribution < 1.29 is 18.7 Å². The van der Waals surface area contributed by atoms with Crippen molar-refractivity contribution in [2.45, 2.75) is 6.92 Å². The van der Waals surface area contributed by atoms with E-state index in [2.05, 4.69) is 4.98 Å². The Labute approximate surface area is 178 Å². The third-order valence-electron chi connectivity index (χ3n) is 5.92. The molecule has 1 fully saturated rings. The van der Waals surface area contributed by atoms with E-state index in [-0.39, 0.29) is 11.7 Å². The molecular weight excluding hydrogens is 395 g/mol. The van der Waals surface area contributed by atoms with Crippen molar-refractivity contribution in [2.24, 2.45) is 0 Å². The van der Waals surface area contributed by atoms with E-state index in [1.54, 1.807) is 17.0 Å². The molecule has 1 aromatic heterocycles. The quantitative estimate of drug-likeness (QED) is 0.492. The van der Waals surface area contributed by atoms with Crippen molar-refractivity contribution in [3.05, 3.63) is 71.0 Å². The predicted octanol–water partition coefficient (Wildman–Crippen LogP) is 4.72. The van der Waals surface area contributed by atoms with Crippen LogP contribution >= 0.6 is 0 Å². The van der Waals surface area contributed by atoms with Gasteiger partial charge in [-0.15, -0.1) is 0 Å². The number of halogens is 1. The first-order chi connectivity index (χ1) is 15.0. The summed E-state index contributed by atoms with van der Waals surface area (Å²) in [5, 5.41) is 1.77. The van der Waals surface area contributed by atoms with Crippen LogP contribution in [0.15, 0.2) is 48.5 Å². The maximum atomic E-state index is 13.9. The molecule has 0 aliphatic carbocycles. The van der Waals surface area contributed by atoms with Gasteiger partial charge in [0.2, 0.25) is 0 Å². The average Bonchev–Trinajstić information content (AvgIpc) is 3.18. The third kappa shape index (κ3) is 3.39. The lowest BCUT2D eigenvalue weighted by molar-refractivity contribution is 0.0303. The molecule has 1 saturated heterocycles. The van der Waals surface area contributed by atoms with Crippen LogP contribution in [0.3, 0.4) is 0 Å². The van der Waals surface area contributed by atoms with Crippen LogP contribution in [-0.4, -0.2) is 48.4 Å². The van der Waals surface area contributed by atoms with Crippen LogP contribution < -0.4 is 0 Å². The van der Waals surface area contributed by atoms with E-state index >= 15 is 0 Å². The monoisotopic (exact) mass is 416 g/mol. The Kier molecular flexibility index (Phi) is 4.79. The van der Waals surface area contributed by atoms with E-state index < -0.39 is 0 Å². The molecular formula is C25H21FN2O3. The minimum atomic E-state index is -0.321. The number of aromatic amines is 1. The number of rotatable bonds is 3. The highest BCUT2D eigenvalue weighted by molar-refractivity contribution is 6.14. The molecule has 4 aromatic rings. The molecule has 5 rings (SSSR count). The topological polar surface area (TPSA) is 62.4 Å². The molecule has 3 aromatic carbocycles. The fourth-order valence-electron chi connectivity index (χ4n) is 4.27. The summed E-state index contributed by atoms with van der Waals surface area (Å²) in [6.07, 6.45) is 0.801. The van der Waals surface area contributed by atoms with Crippen molar-refractivity contribution >= 4 is 34.0 Å². The number of aromatic nitrogens is 1. The zero-order valence-corrected chi connectivity index (χ0v) is 17.1. The molecule has 0 atom stereocenters. The van der Waals surface area contributed by atoms with E-state index in [1.165, 1.54) is 12.1 Å². The van der Waals surface area contributed by atoms with Gasteiger partial charge >= 0.3 is 0 Å². The highest BCUT2D eigenvalue weighted by atomic mass is 19.1.